The molecule has 1 amide bonds. The molecule has 24 heavy (non-hydrogen) atoms. The Bertz CT molecular complexity index is 526. The van der Waals surface area contributed by atoms with Gasteiger partial charge >= 0.3 is 0 Å². The topological polar surface area (TPSA) is 70.6 Å². The van der Waals surface area contributed by atoms with E-state index in [0.29, 0.717) is 24.6 Å². The Morgan fingerprint density at radius 2 is 1.92 bits per heavy atom. The largest absolute Gasteiger partial charge is 0.493 e. The lowest BCUT2D eigenvalue weighted by molar-refractivity contribution is 0.0927. The number of carbonyl (C=O) groups excluding carboxylic acids is 1. The van der Waals surface area contributed by atoms with Gasteiger partial charge in [-0.2, -0.15) is 0 Å². The van der Waals surface area contributed by atoms with Crippen LogP contribution in [0.2, 0.25) is 0 Å². The smallest absolute Gasteiger partial charge is 0.251 e. The summed E-state index contributed by atoms with van der Waals surface area (Å²) in [4.78, 5) is 12.2. The summed E-state index contributed by atoms with van der Waals surface area (Å²) in [6.45, 7) is 2.62. The van der Waals surface area contributed by atoms with E-state index in [-0.39, 0.29) is 17.9 Å². The zero-order valence-corrected chi connectivity index (χ0v) is 14.2. The van der Waals surface area contributed by atoms with Crippen molar-refractivity contribution in [3.05, 3.63) is 29.8 Å². The molecule has 2 fully saturated rings. The Kier molecular flexibility index (Phi) is 6.10. The molecule has 1 saturated carbocycles. The Morgan fingerprint density at radius 3 is 2.58 bits per heavy atom. The highest BCUT2D eigenvalue weighted by atomic mass is 16.5. The summed E-state index contributed by atoms with van der Waals surface area (Å²) in [5.41, 5.74) is 0.625. The second-order valence-corrected chi connectivity index (χ2v) is 7.04. The maximum absolute atomic E-state index is 12.2. The van der Waals surface area contributed by atoms with E-state index in [1.54, 1.807) is 12.1 Å². The lowest BCUT2D eigenvalue weighted by Crippen LogP contribution is -2.34. The molecule has 0 radical (unpaired) electrons. The molecule has 1 heterocycles. The van der Waals surface area contributed by atoms with Crippen LogP contribution >= 0.6 is 0 Å². The van der Waals surface area contributed by atoms with Crippen LogP contribution in [0.15, 0.2) is 24.3 Å². The molecule has 1 aromatic rings. The van der Waals surface area contributed by atoms with Gasteiger partial charge in [0.15, 0.2) is 0 Å². The highest BCUT2D eigenvalue weighted by Gasteiger charge is 2.25. The summed E-state index contributed by atoms with van der Waals surface area (Å²) in [5, 5.41) is 15.8. The second kappa shape index (κ2) is 8.49. The van der Waals surface area contributed by atoms with Crippen molar-refractivity contribution in [1.29, 1.82) is 0 Å². The normalized spacial score (nSPS) is 24.7. The molecule has 1 aliphatic heterocycles. The maximum Gasteiger partial charge on any atom is 0.251 e. The molecule has 0 bridgehead atoms. The number of ether oxygens (including phenoxy) is 1. The Hall–Kier alpha value is -1.59. The van der Waals surface area contributed by atoms with Gasteiger partial charge in [-0.25, -0.2) is 0 Å². The molecule has 132 valence electrons. The SMILES string of the molecule is O=C(NCC1CNCC1O)c1ccc(OCC2CCCCC2)cc1. The zero-order valence-electron chi connectivity index (χ0n) is 14.2. The third-order valence-electron chi connectivity index (χ3n) is 5.16. The van der Waals surface area contributed by atoms with Crippen LogP contribution in [-0.2, 0) is 0 Å². The lowest BCUT2D eigenvalue weighted by atomic mass is 9.90. The van der Waals surface area contributed by atoms with Gasteiger partial charge in [0, 0.05) is 31.1 Å². The van der Waals surface area contributed by atoms with Crippen molar-refractivity contribution < 1.29 is 14.6 Å². The molecule has 2 atom stereocenters. The number of hydrogen-bond acceptors (Lipinski definition) is 4. The van der Waals surface area contributed by atoms with Crippen molar-refractivity contribution in [2.75, 3.05) is 26.2 Å². The number of hydrogen-bond donors (Lipinski definition) is 3. The molecule has 3 N–H and O–H groups in total. The number of carbonyl (C=O) groups is 1. The fourth-order valence-corrected chi connectivity index (χ4v) is 3.52. The van der Waals surface area contributed by atoms with Crippen LogP contribution in [0.5, 0.6) is 5.75 Å². The number of aliphatic hydroxyl groups is 1. The third-order valence-corrected chi connectivity index (χ3v) is 5.16. The van der Waals surface area contributed by atoms with Gasteiger partial charge < -0.3 is 20.5 Å². The van der Waals surface area contributed by atoms with Crippen LogP contribution < -0.4 is 15.4 Å². The molecule has 5 nitrogen and oxygen atoms in total. The first kappa shape index (κ1) is 17.2. The van der Waals surface area contributed by atoms with E-state index in [0.717, 1.165) is 18.9 Å². The summed E-state index contributed by atoms with van der Waals surface area (Å²) < 4.78 is 5.86. The molecule has 2 aliphatic rings. The van der Waals surface area contributed by atoms with Gasteiger partial charge in [-0.1, -0.05) is 19.3 Å². The Balaban J connectivity index is 1.43. The molecule has 1 aliphatic carbocycles. The van der Waals surface area contributed by atoms with Gasteiger partial charge in [0.1, 0.15) is 5.75 Å². The highest BCUT2D eigenvalue weighted by Crippen LogP contribution is 2.24. The molecule has 5 heteroatoms. The van der Waals surface area contributed by atoms with Crippen LogP contribution in [0, 0.1) is 11.8 Å². The average Bonchev–Trinajstić information content (AvgIpc) is 3.04. The minimum atomic E-state index is -0.374. The summed E-state index contributed by atoms with van der Waals surface area (Å²) >= 11 is 0. The Labute approximate surface area is 143 Å². The predicted molar refractivity (Wildman–Crippen MR) is 93.2 cm³/mol. The quantitative estimate of drug-likeness (QED) is 0.745. The number of nitrogens with one attached hydrogen (secondary N) is 2. The van der Waals surface area contributed by atoms with E-state index in [9.17, 15) is 9.90 Å². The summed E-state index contributed by atoms with van der Waals surface area (Å²) in [6, 6.07) is 7.33. The van der Waals surface area contributed by atoms with Gasteiger partial charge in [0.05, 0.1) is 12.7 Å². The van der Waals surface area contributed by atoms with Crippen molar-refractivity contribution in [3.63, 3.8) is 0 Å². The summed E-state index contributed by atoms with van der Waals surface area (Å²) in [7, 11) is 0. The fourth-order valence-electron chi connectivity index (χ4n) is 3.52. The van der Waals surface area contributed by atoms with Gasteiger partial charge in [-0.15, -0.1) is 0 Å². The molecule has 1 saturated heterocycles. The van der Waals surface area contributed by atoms with Gasteiger partial charge in [-0.05, 0) is 43.0 Å². The van der Waals surface area contributed by atoms with E-state index in [4.69, 9.17) is 4.74 Å². The molecule has 2 unspecified atom stereocenters. The first-order valence-electron chi connectivity index (χ1n) is 9.12. The highest BCUT2D eigenvalue weighted by molar-refractivity contribution is 5.94. The van der Waals surface area contributed by atoms with E-state index in [1.165, 1.54) is 32.1 Å². The summed E-state index contributed by atoms with van der Waals surface area (Å²) in [6.07, 6.45) is 6.15. The van der Waals surface area contributed by atoms with E-state index < -0.39 is 0 Å². The van der Waals surface area contributed by atoms with Gasteiger partial charge in [-0.3, -0.25) is 4.79 Å². The van der Waals surface area contributed by atoms with E-state index in [2.05, 4.69) is 10.6 Å². The fraction of sp³-hybridized carbons (Fsp3) is 0.632. The number of β-amino-alcohol motifs (C(OH)–C–C–N with tert-alkyl or cyclic N) is 1. The minimum Gasteiger partial charge on any atom is -0.493 e. The third kappa shape index (κ3) is 4.71. The molecule has 0 aromatic heterocycles. The summed E-state index contributed by atoms with van der Waals surface area (Å²) in [5.74, 6) is 1.49. The van der Waals surface area contributed by atoms with Gasteiger partial charge in [0.2, 0.25) is 0 Å². The van der Waals surface area contributed by atoms with Crippen LogP contribution in [0.1, 0.15) is 42.5 Å². The van der Waals surface area contributed by atoms with E-state index in [1.807, 2.05) is 12.1 Å². The van der Waals surface area contributed by atoms with Gasteiger partial charge in [0.25, 0.3) is 5.91 Å². The predicted octanol–water partition coefficient (Wildman–Crippen LogP) is 1.96. The van der Waals surface area contributed by atoms with Crippen molar-refractivity contribution in [2.45, 2.75) is 38.2 Å². The monoisotopic (exact) mass is 332 g/mol. The number of rotatable bonds is 6. The van der Waals surface area contributed by atoms with Crippen molar-refractivity contribution in [3.8, 4) is 5.75 Å². The zero-order chi connectivity index (χ0) is 16.8. The molecular weight excluding hydrogens is 304 g/mol. The van der Waals surface area contributed by atoms with Crippen molar-refractivity contribution in [1.82, 2.24) is 10.6 Å². The minimum absolute atomic E-state index is 0.0899. The first-order valence-corrected chi connectivity index (χ1v) is 9.12. The molecular formula is C19H28N2O3. The number of benzene rings is 1. The van der Waals surface area contributed by atoms with Crippen LogP contribution in [0.25, 0.3) is 0 Å². The number of amides is 1. The molecule has 3 rings (SSSR count). The molecule has 0 spiro atoms. The Morgan fingerprint density at radius 1 is 1.17 bits per heavy atom. The standard InChI is InChI=1S/C19H28N2O3/c22-18-12-20-10-16(18)11-21-19(23)15-6-8-17(9-7-15)24-13-14-4-2-1-3-5-14/h6-9,14,16,18,20,22H,1-5,10-13H2,(H,21,23). The van der Waals surface area contributed by atoms with E-state index >= 15 is 0 Å². The van der Waals surface area contributed by atoms with Crippen LogP contribution in [-0.4, -0.2) is 43.4 Å². The van der Waals surface area contributed by atoms with Crippen LogP contribution in [0.4, 0.5) is 0 Å². The molecule has 1 aromatic carbocycles. The van der Waals surface area contributed by atoms with Crippen LogP contribution in [0.3, 0.4) is 0 Å². The second-order valence-electron chi connectivity index (χ2n) is 7.04. The average molecular weight is 332 g/mol. The first-order chi connectivity index (χ1) is 11.7. The van der Waals surface area contributed by atoms with Crippen molar-refractivity contribution >= 4 is 5.91 Å². The van der Waals surface area contributed by atoms with Crippen molar-refractivity contribution in [2.24, 2.45) is 11.8 Å². The maximum atomic E-state index is 12.2. The lowest BCUT2D eigenvalue weighted by Gasteiger charge is -2.21. The number of aliphatic hydroxyl groups excluding tert-OH is 1.